The topological polar surface area (TPSA) is 15.6 Å². The third kappa shape index (κ3) is 2.87. The molecule has 0 N–H and O–H groups in total. The average Bonchev–Trinajstić information content (AvgIpc) is 2.15. The Hall–Kier alpha value is -1.31. The second-order valence-corrected chi connectivity index (χ2v) is 3.85. The van der Waals surface area contributed by atoms with Gasteiger partial charge in [0.15, 0.2) is 0 Å². The fraction of sp³-hybridized carbons (Fsp3) is 0.417. The Morgan fingerprint density at radius 1 is 1.14 bits per heavy atom. The molecule has 0 aliphatic carbocycles. The Bertz CT molecular complexity index is 299. The monoisotopic (exact) mass is 190 g/mol. The standard InChI is InChI=1S/C12H18N2/c1-10(2)12(13-14(3)4)11-8-6-5-7-9-11/h5-10H,1-4H3/b13-12+. The zero-order valence-electron chi connectivity index (χ0n) is 9.36. The summed E-state index contributed by atoms with van der Waals surface area (Å²) >= 11 is 0. The first-order valence-corrected chi connectivity index (χ1v) is 4.92. The predicted octanol–water partition coefficient (Wildman–Crippen LogP) is 2.61. The zero-order valence-corrected chi connectivity index (χ0v) is 9.36. The highest BCUT2D eigenvalue weighted by Crippen LogP contribution is 2.09. The number of hydrogen-bond acceptors (Lipinski definition) is 2. The summed E-state index contributed by atoms with van der Waals surface area (Å²) in [5.41, 5.74) is 2.34. The smallest absolute Gasteiger partial charge is 0.0702 e. The SMILES string of the molecule is CC(C)/C(=N\N(C)C)c1ccccc1. The Morgan fingerprint density at radius 2 is 1.71 bits per heavy atom. The quantitative estimate of drug-likeness (QED) is 0.528. The number of rotatable bonds is 3. The summed E-state index contributed by atoms with van der Waals surface area (Å²) in [6.07, 6.45) is 0. The first-order valence-electron chi connectivity index (χ1n) is 4.92. The Balaban J connectivity index is 3.01. The van der Waals surface area contributed by atoms with Gasteiger partial charge in [0.1, 0.15) is 0 Å². The summed E-state index contributed by atoms with van der Waals surface area (Å²) in [7, 11) is 3.90. The van der Waals surface area contributed by atoms with Crippen molar-refractivity contribution in [1.82, 2.24) is 5.01 Å². The fourth-order valence-corrected chi connectivity index (χ4v) is 1.33. The van der Waals surface area contributed by atoms with Crippen molar-refractivity contribution in [3.8, 4) is 0 Å². The Labute approximate surface area is 86.2 Å². The highest BCUT2D eigenvalue weighted by atomic mass is 15.4. The Kier molecular flexibility index (Phi) is 3.69. The Morgan fingerprint density at radius 3 is 2.14 bits per heavy atom. The molecular formula is C12H18N2. The molecule has 0 aliphatic heterocycles. The van der Waals surface area contributed by atoms with Crippen LogP contribution in [0.25, 0.3) is 0 Å². The molecule has 1 rings (SSSR count). The van der Waals surface area contributed by atoms with Gasteiger partial charge in [-0.05, 0) is 11.5 Å². The molecule has 0 bridgehead atoms. The summed E-state index contributed by atoms with van der Waals surface area (Å²) < 4.78 is 0. The van der Waals surface area contributed by atoms with Crippen LogP contribution in [0, 0.1) is 5.92 Å². The highest BCUT2D eigenvalue weighted by Gasteiger charge is 2.07. The van der Waals surface area contributed by atoms with Gasteiger partial charge in [-0.15, -0.1) is 0 Å². The van der Waals surface area contributed by atoms with Crippen LogP contribution >= 0.6 is 0 Å². The van der Waals surface area contributed by atoms with E-state index < -0.39 is 0 Å². The first-order chi connectivity index (χ1) is 6.61. The molecule has 0 aliphatic rings. The second-order valence-electron chi connectivity index (χ2n) is 3.85. The molecule has 2 nitrogen and oxygen atoms in total. The van der Waals surface area contributed by atoms with Crippen LogP contribution in [0.3, 0.4) is 0 Å². The predicted molar refractivity (Wildman–Crippen MR) is 61.5 cm³/mol. The van der Waals surface area contributed by atoms with E-state index in [-0.39, 0.29) is 0 Å². The van der Waals surface area contributed by atoms with Gasteiger partial charge in [0, 0.05) is 14.1 Å². The minimum Gasteiger partial charge on any atom is -0.303 e. The minimum absolute atomic E-state index is 0.444. The van der Waals surface area contributed by atoms with Crippen LogP contribution in [0.4, 0.5) is 0 Å². The average molecular weight is 190 g/mol. The van der Waals surface area contributed by atoms with Gasteiger partial charge >= 0.3 is 0 Å². The van der Waals surface area contributed by atoms with Crippen molar-refractivity contribution >= 4 is 5.71 Å². The van der Waals surface area contributed by atoms with E-state index in [9.17, 15) is 0 Å². The number of hydrogen-bond donors (Lipinski definition) is 0. The molecule has 0 atom stereocenters. The van der Waals surface area contributed by atoms with E-state index in [1.54, 1.807) is 0 Å². The van der Waals surface area contributed by atoms with Crippen LogP contribution in [0.1, 0.15) is 19.4 Å². The molecule has 1 aromatic carbocycles. The van der Waals surface area contributed by atoms with E-state index in [2.05, 4.69) is 31.1 Å². The van der Waals surface area contributed by atoms with Gasteiger partial charge in [0.25, 0.3) is 0 Å². The van der Waals surface area contributed by atoms with E-state index in [4.69, 9.17) is 0 Å². The summed E-state index contributed by atoms with van der Waals surface area (Å²) in [5, 5.41) is 6.35. The van der Waals surface area contributed by atoms with Crippen molar-refractivity contribution in [2.24, 2.45) is 11.0 Å². The van der Waals surface area contributed by atoms with Crippen LogP contribution in [0.5, 0.6) is 0 Å². The lowest BCUT2D eigenvalue weighted by Gasteiger charge is -2.13. The fourth-order valence-electron chi connectivity index (χ4n) is 1.33. The van der Waals surface area contributed by atoms with E-state index in [1.165, 1.54) is 5.56 Å². The van der Waals surface area contributed by atoms with E-state index in [1.807, 2.05) is 37.3 Å². The molecule has 0 saturated carbocycles. The van der Waals surface area contributed by atoms with Crippen LogP contribution in [0.15, 0.2) is 35.4 Å². The molecule has 0 amide bonds. The van der Waals surface area contributed by atoms with E-state index >= 15 is 0 Å². The molecule has 0 radical (unpaired) electrons. The number of hydrazone groups is 1. The maximum Gasteiger partial charge on any atom is 0.0702 e. The summed E-state index contributed by atoms with van der Waals surface area (Å²) in [6.45, 7) is 4.32. The molecule has 0 heterocycles. The van der Waals surface area contributed by atoms with Gasteiger partial charge in [-0.2, -0.15) is 5.10 Å². The molecule has 0 unspecified atom stereocenters. The highest BCUT2D eigenvalue weighted by molar-refractivity contribution is 6.01. The van der Waals surface area contributed by atoms with Crippen molar-refractivity contribution in [2.45, 2.75) is 13.8 Å². The van der Waals surface area contributed by atoms with Gasteiger partial charge in [0.05, 0.1) is 5.71 Å². The maximum atomic E-state index is 4.50. The van der Waals surface area contributed by atoms with Crippen molar-refractivity contribution < 1.29 is 0 Å². The summed E-state index contributed by atoms with van der Waals surface area (Å²) in [6, 6.07) is 10.3. The normalized spacial score (nSPS) is 11.9. The molecule has 1 aromatic rings. The molecule has 14 heavy (non-hydrogen) atoms. The second kappa shape index (κ2) is 4.80. The molecule has 0 saturated heterocycles. The number of nitrogens with zero attached hydrogens (tertiary/aromatic N) is 2. The van der Waals surface area contributed by atoms with Gasteiger partial charge < -0.3 is 5.01 Å². The summed E-state index contributed by atoms with van der Waals surface area (Å²) in [4.78, 5) is 0. The maximum absolute atomic E-state index is 4.50. The van der Waals surface area contributed by atoms with Crippen molar-refractivity contribution in [3.63, 3.8) is 0 Å². The van der Waals surface area contributed by atoms with Gasteiger partial charge in [-0.3, -0.25) is 0 Å². The lowest BCUT2D eigenvalue weighted by molar-refractivity contribution is 0.434. The van der Waals surface area contributed by atoms with Gasteiger partial charge in [-0.25, -0.2) is 0 Å². The first kappa shape index (κ1) is 10.8. The van der Waals surface area contributed by atoms with Crippen LogP contribution in [-0.2, 0) is 0 Å². The molecule has 0 spiro atoms. The minimum atomic E-state index is 0.444. The largest absolute Gasteiger partial charge is 0.303 e. The van der Waals surface area contributed by atoms with Gasteiger partial charge in [-0.1, -0.05) is 44.2 Å². The third-order valence-electron chi connectivity index (χ3n) is 1.92. The molecule has 76 valence electrons. The van der Waals surface area contributed by atoms with Gasteiger partial charge in [0.2, 0.25) is 0 Å². The molecular weight excluding hydrogens is 172 g/mol. The van der Waals surface area contributed by atoms with Crippen molar-refractivity contribution in [1.29, 1.82) is 0 Å². The van der Waals surface area contributed by atoms with Crippen LogP contribution in [0.2, 0.25) is 0 Å². The lowest BCUT2D eigenvalue weighted by Crippen LogP contribution is -2.15. The zero-order chi connectivity index (χ0) is 10.6. The molecule has 0 aromatic heterocycles. The van der Waals surface area contributed by atoms with Crippen molar-refractivity contribution in [3.05, 3.63) is 35.9 Å². The summed E-state index contributed by atoms with van der Waals surface area (Å²) in [5.74, 6) is 0.444. The third-order valence-corrected chi connectivity index (χ3v) is 1.92. The molecule has 0 fully saturated rings. The van der Waals surface area contributed by atoms with Crippen LogP contribution in [-0.4, -0.2) is 24.8 Å². The molecule has 2 heteroatoms. The number of benzene rings is 1. The van der Waals surface area contributed by atoms with Crippen LogP contribution < -0.4 is 0 Å². The lowest BCUT2D eigenvalue weighted by atomic mass is 10.0. The van der Waals surface area contributed by atoms with Crippen molar-refractivity contribution in [2.75, 3.05) is 14.1 Å². The van der Waals surface area contributed by atoms with E-state index in [0.29, 0.717) is 5.92 Å². The van der Waals surface area contributed by atoms with E-state index in [0.717, 1.165) is 5.71 Å².